The first-order chi connectivity index (χ1) is 10.1. The molecule has 0 radical (unpaired) electrons. The van der Waals surface area contributed by atoms with E-state index in [0.29, 0.717) is 12.5 Å². The van der Waals surface area contributed by atoms with Gasteiger partial charge >= 0.3 is 0 Å². The van der Waals surface area contributed by atoms with Crippen molar-refractivity contribution < 1.29 is 14.3 Å². The van der Waals surface area contributed by atoms with E-state index < -0.39 is 0 Å². The average molecular weight is 356 g/mol. The van der Waals surface area contributed by atoms with Crippen LogP contribution >= 0.6 is 15.9 Å². The molecule has 0 bridgehead atoms. The monoisotopic (exact) mass is 355 g/mol. The van der Waals surface area contributed by atoms with Crippen LogP contribution in [0.15, 0.2) is 22.7 Å². The molecule has 1 fully saturated rings. The van der Waals surface area contributed by atoms with E-state index in [-0.39, 0.29) is 5.78 Å². The average Bonchev–Trinajstić information content (AvgIpc) is 2.48. The lowest BCUT2D eigenvalue weighted by atomic mass is 9.98. The Balaban J connectivity index is 1.96. The van der Waals surface area contributed by atoms with Gasteiger partial charge in [-0.25, -0.2) is 0 Å². The number of benzene rings is 1. The van der Waals surface area contributed by atoms with E-state index in [4.69, 9.17) is 9.47 Å². The SMILES string of the molecule is COCC1CCCN(CC(=O)c2ccc(OC)c(Br)c2)C1. The summed E-state index contributed by atoms with van der Waals surface area (Å²) in [6.45, 7) is 3.18. The summed E-state index contributed by atoms with van der Waals surface area (Å²) in [7, 11) is 3.35. The predicted octanol–water partition coefficient (Wildman–Crippen LogP) is 3.00. The third-order valence-corrected chi connectivity index (χ3v) is 4.47. The van der Waals surface area contributed by atoms with Gasteiger partial charge in [0.15, 0.2) is 5.78 Å². The molecule has 0 saturated carbocycles. The largest absolute Gasteiger partial charge is 0.496 e. The summed E-state index contributed by atoms with van der Waals surface area (Å²) in [5, 5.41) is 0. The van der Waals surface area contributed by atoms with Crippen molar-refractivity contribution in [1.82, 2.24) is 4.90 Å². The zero-order valence-electron chi connectivity index (χ0n) is 12.6. The van der Waals surface area contributed by atoms with Gasteiger partial charge in [-0.1, -0.05) is 0 Å². The van der Waals surface area contributed by atoms with Gasteiger partial charge in [-0.3, -0.25) is 9.69 Å². The van der Waals surface area contributed by atoms with E-state index in [1.807, 2.05) is 18.2 Å². The molecule has 21 heavy (non-hydrogen) atoms. The normalized spacial score (nSPS) is 19.5. The number of likely N-dealkylation sites (tertiary alicyclic amines) is 1. The number of Topliss-reactive ketones (excluding diaryl/α,β-unsaturated/α-hetero) is 1. The molecule has 1 unspecified atom stereocenters. The van der Waals surface area contributed by atoms with Gasteiger partial charge in [0.1, 0.15) is 5.75 Å². The Bertz CT molecular complexity index is 490. The standard InChI is InChI=1S/C16H22BrNO3/c1-20-11-12-4-3-7-18(9-12)10-15(19)13-5-6-16(21-2)14(17)8-13/h5-6,8,12H,3-4,7,9-11H2,1-2H3. The molecule has 1 aromatic carbocycles. The van der Waals surface area contributed by atoms with E-state index in [9.17, 15) is 4.79 Å². The third kappa shape index (κ3) is 4.53. The Morgan fingerprint density at radius 2 is 2.24 bits per heavy atom. The molecular formula is C16H22BrNO3. The maximum atomic E-state index is 12.4. The van der Waals surface area contributed by atoms with Crippen LogP contribution in [0.25, 0.3) is 0 Å². The van der Waals surface area contributed by atoms with Gasteiger partial charge in [-0.2, -0.15) is 0 Å². The summed E-state index contributed by atoms with van der Waals surface area (Å²) in [6, 6.07) is 5.47. The minimum Gasteiger partial charge on any atom is -0.496 e. The van der Waals surface area contributed by atoms with Crippen molar-refractivity contribution in [1.29, 1.82) is 0 Å². The van der Waals surface area contributed by atoms with Crippen molar-refractivity contribution in [3.05, 3.63) is 28.2 Å². The maximum Gasteiger partial charge on any atom is 0.176 e. The fourth-order valence-electron chi connectivity index (χ4n) is 2.80. The van der Waals surface area contributed by atoms with Crippen LogP contribution in [0.5, 0.6) is 5.75 Å². The highest BCUT2D eigenvalue weighted by Crippen LogP contribution is 2.26. The summed E-state index contributed by atoms with van der Waals surface area (Å²) >= 11 is 3.42. The minimum atomic E-state index is 0.149. The summed E-state index contributed by atoms with van der Waals surface area (Å²) in [4.78, 5) is 14.6. The molecule has 0 spiro atoms. The van der Waals surface area contributed by atoms with Crippen molar-refractivity contribution >= 4 is 21.7 Å². The molecule has 1 atom stereocenters. The molecule has 1 aliphatic heterocycles. The highest BCUT2D eigenvalue weighted by atomic mass is 79.9. The van der Waals surface area contributed by atoms with Crippen molar-refractivity contribution in [3.63, 3.8) is 0 Å². The quantitative estimate of drug-likeness (QED) is 0.735. The third-order valence-electron chi connectivity index (χ3n) is 3.85. The van der Waals surface area contributed by atoms with Crippen LogP contribution < -0.4 is 4.74 Å². The Hall–Kier alpha value is -0.910. The van der Waals surface area contributed by atoms with Crippen LogP contribution in [0.1, 0.15) is 23.2 Å². The number of hydrogen-bond donors (Lipinski definition) is 0. The zero-order chi connectivity index (χ0) is 15.2. The molecule has 0 N–H and O–H groups in total. The molecule has 2 rings (SSSR count). The summed E-state index contributed by atoms with van der Waals surface area (Å²) in [5.41, 5.74) is 0.719. The Labute approximate surface area is 134 Å². The summed E-state index contributed by atoms with van der Waals surface area (Å²) < 4.78 is 11.2. The zero-order valence-corrected chi connectivity index (χ0v) is 14.2. The van der Waals surface area contributed by atoms with Crippen LogP contribution in [0.3, 0.4) is 0 Å². The molecule has 1 heterocycles. The topological polar surface area (TPSA) is 38.8 Å². The van der Waals surface area contributed by atoms with Crippen molar-refractivity contribution in [2.24, 2.45) is 5.92 Å². The number of nitrogens with zero attached hydrogens (tertiary/aromatic N) is 1. The second-order valence-corrected chi connectivity index (χ2v) is 6.33. The van der Waals surface area contributed by atoms with Crippen LogP contribution in [0.4, 0.5) is 0 Å². The molecular weight excluding hydrogens is 334 g/mol. The molecule has 0 aromatic heterocycles. The van der Waals surface area contributed by atoms with E-state index in [1.54, 1.807) is 14.2 Å². The molecule has 0 aliphatic carbocycles. The number of hydrogen-bond acceptors (Lipinski definition) is 4. The number of halogens is 1. The van der Waals surface area contributed by atoms with Crippen LogP contribution in [0.2, 0.25) is 0 Å². The van der Waals surface area contributed by atoms with Gasteiger partial charge in [0, 0.05) is 19.2 Å². The summed E-state index contributed by atoms with van der Waals surface area (Å²) in [5.74, 6) is 1.43. The Kier molecular flexibility index (Phi) is 6.21. The van der Waals surface area contributed by atoms with Crippen molar-refractivity contribution in [3.8, 4) is 5.75 Å². The summed E-state index contributed by atoms with van der Waals surface area (Å²) in [6.07, 6.45) is 2.32. The number of methoxy groups -OCH3 is 2. The molecule has 0 amide bonds. The molecule has 4 nitrogen and oxygen atoms in total. The number of ether oxygens (including phenoxy) is 2. The maximum absolute atomic E-state index is 12.4. The molecule has 116 valence electrons. The first kappa shape index (κ1) is 16.5. The van der Waals surface area contributed by atoms with E-state index >= 15 is 0 Å². The first-order valence-corrected chi connectivity index (χ1v) is 8.01. The number of carbonyl (C=O) groups excluding carboxylic acids is 1. The smallest absolute Gasteiger partial charge is 0.176 e. The van der Waals surface area contributed by atoms with E-state index in [0.717, 1.165) is 41.9 Å². The van der Waals surface area contributed by atoms with Crippen LogP contribution in [0, 0.1) is 5.92 Å². The van der Waals surface area contributed by atoms with Crippen LogP contribution in [-0.4, -0.2) is 51.1 Å². The minimum absolute atomic E-state index is 0.149. The second kappa shape index (κ2) is 7.92. The van der Waals surface area contributed by atoms with Crippen molar-refractivity contribution in [2.75, 3.05) is 40.5 Å². The number of rotatable bonds is 6. The lowest BCUT2D eigenvalue weighted by molar-refractivity contribution is 0.0758. The molecule has 1 aliphatic rings. The van der Waals surface area contributed by atoms with E-state index in [1.165, 1.54) is 6.42 Å². The van der Waals surface area contributed by atoms with Gasteiger partial charge in [0.25, 0.3) is 0 Å². The molecule has 1 aromatic rings. The van der Waals surface area contributed by atoms with Gasteiger partial charge in [-0.15, -0.1) is 0 Å². The van der Waals surface area contributed by atoms with Crippen molar-refractivity contribution in [2.45, 2.75) is 12.8 Å². The highest BCUT2D eigenvalue weighted by molar-refractivity contribution is 9.10. The number of carbonyl (C=O) groups is 1. The molecule has 5 heteroatoms. The van der Waals surface area contributed by atoms with Crippen LogP contribution in [-0.2, 0) is 4.74 Å². The van der Waals surface area contributed by atoms with E-state index in [2.05, 4.69) is 20.8 Å². The lowest BCUT2D eigenvalue weighted by Crippen LogP contribution is -2.40. The fourth-order valence-corrected chi connectivity index (χ4v) is 3.34. The first-order valence-electron chi connectivity index (χ1n) is 7.22. The van der Waals surface area contributed by atoms with Gasteiger partial charge in [0.05, 0.1) is 24.7 Å². The predicted molar refractivity (Wildman–Crippen MR) is 86.1 cm³/mol. The fraction of sp³-hybridized carbons (Fsp3) is 0.562. The number of piperidine rings is 1. The van der Waals surface area contributed by atoms with Gasteiger partial charge in [-0.05, 0) is 59.4 Å². The molecule has 1 saturated heterocycles. The Morgan fingerprint density at radius 3 is 2.90 bits per heavy atom. The Morgan fingerprint density at radius 1 is 1.43 bits per heavy atom. The second-order valence-electron chi connectivity index (χ2n) is 5.47. The number of ketones is 1. The van der Waals surface area contributed by atoms with Gasteiger partial charge < -0.3 is 9.47 Å². The lowest BCUT2D eigenvalue weighted by Gasteiger charge is -2.31. The highest BCUT2D eigenvalue weighted by Gasteiger charge is 2.22. The van der Waals surface area contributed by atoms with Gasteiger partial charge in [0.2, 0.25) is 0 Å².